The van der Waals surface area contributed by atoms with E-state index >= 15 is 0 Å². The van der Waals surface area contributed by atoms with E-state index in [1.54, 1.807) is 30.3 Å². The van der Waals surface area contributed by atoms with Crippen molar-refractivity contribution in [3.63, 3.8) is 0 Å². The van der Waals surface area contributed by atoms with Gasteiger partial charge in [-0.05, 0) is 13.3 Å². The van der Waals surface area contributed by atoms with E-state index in [1.807, 2.05) is 0 Å². The monoisotopic (exact) mass is 290 g/mol. The molecule has 0 spiro atoms. The molecule has 0 aliphatic heterocycles. The second-order valence-electron chi connectivity index (χ2n) is 4.43. The number of rotatable bonds is 7. The van der Waals surface area contributed by atoms with Crippen LogP contribution in [0.25, 0.3) is 0 Å². The molecule has 0 radical (unpaired) electrons. The van der Waals surface area contributed by atoms with Gasteiger partial charge in [-0.15, -0.1) is 0 Å². The molecule has 1 aromatic carbocycles. The van der Waals surface area contributed by atoms with E-state index in [9.17, 15) is 18.0 Å². The Kier molecular flexibility index (Phi) is 6.42. The number of carbonyl (C=O) groups is 1. The predicted molar refractivity (Wildman–Crippen MR) is 72.6 cm³/mol. The van der Waals surface area contributed by atoms with Crippen molar-refractivity contribution in [3.05, 3.63) is 35.9 Å². The molecule has 0 aliphatic rings. The fourth-order valence-corrected chi connectivity index (χ4v) is 2.37. The molecule has 5 heteroatoms. The molecular weight excluding hydrogens is 273 g/mol. The average Bonchev–Trinajstić information content (AvgIpc) is 2.37. The van der Waals surface area contributed by atoms with Gasteiger partial charge in [0.15, 0.2) is 0 Å². The predicted octanol–water partition coefficient (Wildman–Crippen LogP) is 4.72. The lowest BCUT2D eigenvalue weighted by Gasteiger charge is -2.16. The van der Waals surface area contributed by atoms with Crippen molar-refractivity contribution in [1.82, 2.24) is 0 Å². The number of alkyl halides is 3. The summed E-state index contributed by atoms with van der Waals surface area (Å²) in [4.78, 5) is 11.7. The summed E-state index contributed by atoms with van der Waals surface area (Å²) in [5.41, 5.74) is 0.508. The molecule has 0 amide bonds. The van der Waals surface area contributed by atoms with E-state index in [2.05, 4.69) is 0 Å². The fraction of sp³-hybridized carbons (Fsp3) is 0.500. The van der Waals surface area contributed by atoms with Crippen molar-refractivity contribution in [3.8, 4) is 0 Å². The molecule has 0 aliphatic carbocycles. The van der Waals surface area contributed by atoms with Crippen LogP contribution in [-0.4, -0.2) is 23.0 Å². The second kappa shape index (κ2) is 7.58. The van der Waals surface area contributed by atoms with Crippen LogP contribution >= 0.6 is 11.8 Å². The van der Waals surface area contributed by atoms with Crippen LogP contribution in [0.1, 0.15) is 36.5 Å². The van der Waals surface area contributed by atoms with Crippen molar-refractivity contribution >= 4 is 16.9 Å². The zero-order valence-electron chi connectivity index (χ0n) is 10.7. The quantitative estimate of drug-likeness (QED) is 0.722. The molecule has 0 N–H and O–H groups in total. The summed E-state index contributed by atoms with van der Waals surface area (Å²) in [6.07, 6.45) is -2.23. The van der Waals surface area contributed by atoms with Gasteiger partial charge in [-0.3, -0.25) is 4.79 Å². The van der Waals surface area contributed by atoms with Gasteiger partial charge in [0, 0.05) is 24.2 Å². The molecule has 106 valence electrons. The van der Waals surface area contributed by atoms with Gasteiger partial charge in [0.2, 0.25) is 11.0 Å². The summed E-state index contributed by atoms with van der Waals surface area (Å²) in [7, 11) is 0. The first-order valence-corrected chi connectivity index (χ1v) is 7.13. The van der Waals surface area contributed by atoms with Crippen LogP contribution in [0.5, 0.6) is 0 Å². The SMILES string of the molecule is CC(F)CCC(F)(F)CCSC(=O)c1ccccc1. The van der Waals surface area contributed by atoms with Crippen LogP contribution in [0.3, 0.4) is 0 Å². The second-order valence-corrected chi connectivity index (χ2v) is 5.50. The average molecular weight is 290 g/mol. The van der Waals surface area contributed by atoms with Gasteiger partial charge >= 0.3 is 0 Å². The number of hydrogen-bond acceptors (Lipinski definition) is 2. The van der Waals surface area contributed by atoms with Gasteiger partial charge in [0.1, 0.15) is 0 Å². The molecule has 1 rings (SSSR count). The third-order valence-electron chi connectivity index (χ3n) is 2.62. The number of benzene rings is 1. The van der Waals surface area contributed by atoms with Crippen molar-refractivity contribution < 1.29 is 18.0 Å². The normalized spacial score (nSPS) is 13.3. The van der Waals surface area contributed by atoms with E-state index in [0.29, 0.717) is 5.56 Å². The first-order chi connectivity index (χ1) is 8.91. The van der Waals surface area contributed by atoms with Crippen LogP contribution in [-0.2, 0) is 0 Å². The summed E-state index contributed by atoms with van der Waals surface area (Å²) in [5.74, 6) is -2.86. The number of halogens is 3. The Bertz CT molecular complexity index is 393. The maximum Gasteiger partial charge on any atom is 0.249 e. The van der Waals surface area contributed by atoms with E-state index in [1.165, 1.54) is 6.92 Å². The van der Waals surface area contributed by atoms with Crippen LogP contribution in [0, 0.1) is 0 Å². The fourth-order valence-electron chi connectivity index (χ4n) is 1.49. The minimum atomic E-state index is -2.90. The van der Waals surface area contributed by atoms with Gasteiger partial charge in [0.05, 0.1) is 6.17 Å². The Labute approximate surface area is 115 Å². The highest BCUT2D eigenvalue weighted by molar-refractivity contribution is 8.14. The molecule has 0 heterocycles. The summed E-state index contributed by atoms with van der Waals surface area (Å²) in [5, 5.41) is -0.213. The molecule has 1 unspecified atom stereocenters. The van der Waals surface area contributed by atoms with Gasteiger partial charge in [-0.25, -0.2) is 13.2 Å². The number of hydrogen-bond donors (Lipinski definition) is 0. The van der Waals surface area contributed by atoms with E-state index in [4.69, 9.17) is 0 Å². The molecule has 1 aromatic rings. The van der Waals surface area contributed by atoms with E-state index in [-0.39, 0.29) is 17.3 Å². The minimum absolute atomic E-state index is 0.0430. The first kappa shape index (κ1) is 16.1. The summed E-state index contributed by atoms with van der Waals surface area (Å²) in [6.45, 7) is 1.27. The summed E-state index contributed by atoms with van der Waals surface area (Å²) >= 11 is 0.878. The van der Waals surface area contributed by atoms with Crippen LogP contribution < -0.4 is 0 Å². The third-order valence-corrected chi connectivity index (χ3v) is 3.52. The Balaban J connectivity index is 2.31. The molecule has 0 saturated heterocycles. The standard InChI is InChI=1S/C14H17F3OS/c1-11(15)7-8-14(16,17)9-10-19-13(18)12-5-3-2-4-6-12/h2-6,11H,7-10H2,1H3. The highest BCUT2D eigenvalue weighted by Crippen LogP contribution is 2.28. The molecule has 19 heavy (non-hydrogen) atoms. The van der Waals surface area contributed by atoms with Crippen LogP contribution in [0.4, 0.5) is 13.2 Å². The zero-order valence-corrected chi connectivity index (χ0v) is 11.6. The minimum Gasteiger partial charge on any atom is -0.282 e. The summed E-state index contributed by atoms with van der Waals surface area (Å²) < 4.78 is 39.2. The molecule has 0 saturated carbocycles. The molecular formula is C14H17F3OS. The molecule has 1 nitrogen and oxygen atoms in total. The van der Waals surface area contributed by atoms with E-state index in [0.717, 1.165) is 11.8 Å². The smallest absolute Gasteiger partial charge is 0.249 e. The van der Waals surface area contributed by atoms with Crippen molar-refractivity contribution in [1.29, 1.82) is 0 Å². The molecule has 0 bridgehead atoms. The highest BCUT2D eigenvalue weighted by Gasteiger charge is 2.29. The zero-order chi connectivity index (χ0) is 14.3. The van der Waals surface area contributed by atoms with Crippen LogP contribution in [0.15, 0.2) is 30.3 Å². The van der Waals surface area contributed by atoms with Gasteiger partial charge in [-0.1, -0.05) is 42.1 Å². The van der Waals surface area contributed by atoms with Crippen LogP contribution in [0.2, 0.25) is 0 Å². The molecule has 1 atom stereocenters. The van der Waals surface area contributed by atoms with E-state index < -0.39 is 24.9 Å². The lowest BCUT2D eigenvalue weighted by molar-refractivity contribution is -0.0166. The first-order valence-electron chi connectivity index (χ1n) is 6.15. The summed E-state index contributed by atoms with van der Waals surface area (Å²) in [6, 6.07) is 8.54. The van der Waals surface area contributed by atoms with Gasteiger partial charge in [-0.2, -0.15) is 0 Å². The topological polar surface area (TPSA) is 17.1 Å². The van der Waals surface area contributed by atoms with Gasteiger partial charge < -0.3 is 0 Å². The molecule has 0 fully saturated rings. The number of thioether (sulfide) groups is 1. The van der Waals surface area contributed by atoms with Crippen molar-refractivity contribution in [2.75, 3.05) is 5.75 Å². The maximum absolute atomic E-state index is 13.3. The molecule has 0 aromatic heterocycles. The Morgan fingerprint density at radius 1 is 1.26 bits per heavy atom. The lowest BCUT2D eigenvalue weighted by atomic mass is 10.1. The largest absolute Gasteiger partial charge is 0.282 e. The Morgan fingerprint density at radius 2 is 1.89 bits per heavy atom. The highest BCUT2D eigenvalue weighted by atomic mass is 32.2. The Morgan fingerprint density at radius 3 is 2.47 bits per heavy atom. The van der Waals surface area contributed by atoms with Crippen molar-refractivity contribution in [2.45, 2.75) is 38.3 Å². The Hall–Kier alpha value is -0.970. The third kappa shape index (κ3) is 6.66. The lowest BCUT2D eigenvalue weighted by Crippen LogP contribution is -2.18. The van der Waals surface area contributed by atoms with Crippen molar-refractivity contribution in [2.24, 2.45) is 0 Å². The maximum atomic E-state index is 13.3. The number of carbonyl (C=O) groups excluding carboxylic acids is 1. The van der Waals surface area contributed by atoms with Gasteiger partial charge in [0.25, 0.3) is 0 Å².